The van der Waals surface area contributed by atoms with E-state index in [0.29, 0.717) is 5.56 Å². The van der Waals surface area contributed by atoms with E-state index in [1.807, 2.05) is 18.3 Å². The minimum Gasteiger partial charge on any atom is -0.493 e. The van der Waals surface area contributed by atoms with Crippen molar-refractivity contribution in [3.05, 3.63) is 30.1 Å². The first kappa shape index (κ1) is 17.6. The van der Waals surface area contributed by atoms with Crippen LogP contribution in [0.25, 0.3) is 0 Å². The average molecular weight is 361 g/mol. The maximum atomic E-state index is 11.6. The fourth-order valence-corrected chi connectivity index (χ4v) is 3.54. The Morgan fingerprint density at radius 3 is 2.76 bits per heavy atom. The standard InChI is InChI=1S/C17H23N5O2S/c1-18-17(23)12-8-15(19-10-12)25-13-9-14(24-3)16(20-11-13)22-6-4-21(2)5-7-22/h8-11,19H,4-7H2,1-3H3,(H,18,23). The van der Waals surface area contributed by atoms with Crippen molar-refractivity contribution in [2.45, 2.75) is 9.92 Å². The van der Waals surface area contributed by atoms with E-state index in [0.717, 1.165) is 47.7 Å². The van der Waals surface area contributed by atoms with Gasteiger partial charge in [0.05, 0.1) is 17.7 Å². The molecule has 0 unspecified atom stereocenters. The Kier molecular flexibility index (Phi) is 5.50. The summed E-state index contributed by atoms with van der Waals surface area (Å²) in [5.74, 6) is 1.55. The van der Waals surface area contributed by atoms with Crippen molar-refractivity contribution in [1.29, 1.82) is 0 Å². The van der Waals surface area contributed by atoms with E-state index in [9.17, 15) is 4.79 Å². The van der Waals surface area contributed by atoms with Crippen molar-refractivity contribution in [2.75, 3.05) is 52.3 Å². The van der Waals surface area contributed by atoms with E-state index < -0.39 is 0 Å². The normalized spacial score (nSPS) is 15.2. The van der Waals surface area contributed by atoms with Crippen LogP contribution in [0.4, 0.5) is 5.82 Å². The SMILES string of the molecule is CNC(=O)c1c[nH]c(Sc2cnc(N3CCN(C)CC3)c(OC)c2)c1. The number of nitrogens with one attached hydrogen (secondary N) is 2. The van der Waals surface area contributed by atoms with Crippen LogP contribution in [0.3, 0.4) is 0 Å². The number of anilines is 1. The van der Waals surface area contributed by atoms with Crippen molar-refractivity contribution in [1.82, 2.24) is 20.2 Å². The summed E-state index contributed by atoms with van der Waals surface area (Å²) >= 11 is 1.52. The van der Waals surface area contributed by atoms with E-state index in [1.54, 1.807) is 20.4 Å². The highest BCUT2D eigenvalue weighted by atomic mass is 32.2. The minimum atomic E-state index is -0.107. The molecule has 1 amide bonds. The second kappa shape index (κ2) is 7.79. The Labute approximate surface area is 151 Å². The maximum Gasteiger partial charge on any atom is 0.252 e. The fraction of sp³-hybridized carbons (Fsp3) is 0.412. The third-order valence-corrected chi connectivity index (χ3v) is 5.12. The predicted molar refractivity (Wildman–Crippen MR) is 98.8 cm³/mol. The van der Waals surface area contributed by atoms with Crippen LogP contribution < -0.4 is 15.0 Å². The number of pyridine rings is 1. The molecule has 2 N–H and O–H groups in total. The van der Waals surface area contributed by atoms with Crippen LogP contribution in [0, 0.1) is 0 Å². The number of hydrogen-bond acceptors (Lipinski definition) is 6. The summed E-state index contributed by atoms with van der Waals surface area (Å²) in [7, 11) is 5.42. The van der Waals surface area contributed by atoms with Gasteiger partial charge in [-0.05, 0) is 19.2 Å². The first-order chi connectivity index (χ1) is 12.1. The van der Waals surface area contributed by atoms with Crippen LogP contribution in [0.2, 0.25) is 0 Å². The first-order valence-electron chi connectivity index (χ1n) is 8.16. The number of ether oxygens (including phenoxy) is 1. The van der Waals surface area contributed by atoms with Gasteiger partial charge >= 0.3 is 0 Å². The largest absolute Gasteiger partial charge is 0.493 e. The first-order valence-corrected chi connectivity index (χ1v) is 8.98. The predicted octanol–water partition coefficient (Wildman–Crippen LogP) is 1.68. The van der Waals surface area contributed by atoms with Gasteiger partial charge in [-0.3, -0.25) is 4.79 Å². The van der Waals surface area contributed by atoms with Gasteiger partial charge in [-0.2, -0.15) is 0 Å². The summed E-state index contributed by atoms with van der Waals surface area (Å²) in [5.41, 5.74) is 0.610. The minimum absolute atomic E-state index is 0.107. The summed E-state index contributed by atoms with van der Waals surface area (Å²) in [5, 5.41) is 3.50. The summed E-state index contributed by atoms with van der Waals surface area (Å²) in [6.45, 7) is 3.93. The molecule has 0 aliphatic carbocycles. The number of carbonyl (C=O) groups is 1. The van der Waals surface area contributed by atoms with Gasteiger partial charge in [0.1, 0.15) is 0 Å². The summed E-state index contributed by atoms with van der Waals surface area (Å²) in [4.78, 5) is 24.9. The second-order valence-electron chi connectivity index (χ2n) is 5.92. The summed E-state index contributed by atoms with van der Waals surface area (Å²) < 4.78 is 5.56. The lowest BCUT2D eigenvalue weighted by Crippen LogP contribution is -2.44. The molecule has 134 valence electrons. The van der Waals surface area contributed by atoms with E-state index in [1.165, 1.54) is 11.8 Å². The van der Waals surface area contributed by atoms with E-state index >= 15 is 0 Å². The zero-order chi connectivity index (χ0) is 17.8. The zero-order valence-electron chi connectivity index (χ0n) is 14.7. The molecule has 0 bridgehead atoms. The number of methoxy groups -OCH3 is 1. The molecule has 2 aromatic rings. The Bertz CT molecular complexity index is 740. The fourth-order valence-electron chi connectivity index (χ4n) is 2.72. The van der Waals surface area contributed by atoms with Gasteiger partial charge in [0.15, 0.2) is 11.6 Å². The number of aromatic amines is 1. The number of carbonyl (C=O) groups excluding carboxylic acids is 1. The van der Waals surface area contributed by atoms with Crippen LogP contribution in [-0.2, 0) is 0 Å². The lowest BCUT2D eigenvalue weighted by molar-refractivity contribution is 0.0963. The molecule has 0 spiro atoms. The molecule has 0 radical (unpaired) electrons. The van der Waals surface area contributed by atoms with Crippen molar-refractivity contribution in [3.63, 3.8) is 0 Å². The Balaban J connectivity index is 1.75. The Hall–Kier alpha value is -2.19. The van der Waals surface area contributed by atoms with Crippen LogP contribution in [0.1, 0.15) is 10.4 Å². The molecule has 3 heterocycles. The third kappa shape index (κ3) is 4.08. The molecular formula is C17H23N5O2S. The number of rotatable bonds is 5. The van der Waals surface area contributed by atoms with Crippen molar-refractivity contribution in [3.8, 4) is 5.75 Å². The zero-order valence-corrected chi connectivity index (χ0v) is 15.5. The average Bonchev–Trinajstić information content (AvgIpc) is 3.10. The molecule has 1 aliphatic rings. The molecule has 1 fully saturated rings. The highest BCUT2D eigenvalue weighted by Crippen LogP contribution is 2.34. The van der Waals surface area contributed by atoms with Gasteiger partial charge in [0.25, 0.3) is 5.91 Å². The third-order valence-electron chi connectivity index (χ3n) is 4.20. The number of amides is 1. The van der Waals surface area contributed by atoms with Crippen molar-refractivity contribution in [2.24, 2.45) is 0 Å². The van der Waals surface area contributed by atoms with Gasteiger partial charge in [0.2, 0.25) is 0 Å². The van der Waals surface area contributed by atoms with E-state index in [2.05, 4.69) is 32.1 Å². The molecule has 3 rings (SSSR count). The number of aromatic nitrogens is 2. The van der Waals surface area contributed by atoms with Crippen LogP contribution in [0.15, 0.2) is 34.4 Å². The highest BCUT2D eigenvalue weighted by molar-refractivity contribution is 7.99. The quantitative estimate of drug-likeness (QED) is 0.844. The number of hydrogen-bond donors (Lipinski definition) is 2. The number of piperazine rings is 1. The Morgan fingerprint density at radius 2 is 2.08 bits per heavy atom. The smallest absolute Gasteiger partial charge is 0.252 e. The maximum absolute atomic E-state index is 11.6. The topological polar surface area (TPSA) is 73.5 Å². The highest BCUT2D eigenvalue weighted by Gasteiger charge is 2.19. The molecule has 25 heavy (non-hydrogen) atoms. The second-order valence-corrected chi connectivity index (χ2v) is 7.04. The Morgan fingerprint density at radius 1 is 1.32 bits per heavy atom. The molecule has 0 atom stereocenters. The molecular weight excluding hydrogens is 338 g/mol. The van der Waals surface area contributed by atoms with Crippen LogP contribution >= 0.6 is 11.8 Å². The molecule has 7 nitrogen and oxygen atoms in total. The number of likely N-dealkylation sites (N-methyl/N-ethyl adjacent to an activating group) is 1. The monoisotopic (exact) mass is 361 g/mol. The lowest BCUT2D eigenvalue weighted by Gasteiger charge is -2.33. The molecule has 0 aromatic carbocycles. The molecule has 8 heteroatoms. The van der Waals surface area contributed by atoms with Gasteiger partial charge in [-0.25, -0.2) is 4.98 Å². The molecule has 1 saturated heterocycles. The van der Waals surface area contributed by atoms with Gasteiger partial charge < -0.3 is 24.8 Å². The summed E-state index contributed by atoms with van der Waals surface area (Å²) in [6.07, 6.45) is 3.55. The number of H-pyrrole nitrogens is 1. The van der Waals surface area contributed by atoms with Crippen LogP contribution in [-0.4, -0.2) is 68.2 Å². The van der Waals surface area contributed by atoms with Crippen LogP contribution in [0.5, 0.6) is 5.75 Å². The molecule has 0 saturated carbocycles. The lowest BCUT2D eigenvalue weighted by atomic mass is 10.3. The summed E-state index contributed by atoms with van der Waals surface area (Å²) in [6, 6.07) is 3.82. The molecule has 1 aliphatic heterocycles. The van der Waals surface area contributed by atoms with Gasteiger partial charge in [0, 0.05) is 50.5 Å². The molecule has 2 aromatic heterocycles. The van der Waals surface area contributed by atoms with E-state index in [-0.39, 0.29) is 5.91 Å². The number of nitrogens with zero attached hydrogens (tertiary/aromatic N) is 3. The van der Waals surface area contributed by atoms with Gasteiger partial charge in [-0.15, -0.1) is 0 Å². The van der Waals surface area contributed by atoms with Crippen molar-refractivity contribution >= 4 is 23.5 Å². The van der Waals surface area contributed by atoms with Crippen molar-refractivity contribution < 1.29 is 9.53 Å². The van der Waals surface area contributed by atoms with E-state index in [4.69, 9.17) is 4.74 Å². The van der Waals surface area contributed by atoms with Gasteiger partial charge in [-0.1, -0.05) is 11.8 Å².